The van der Waals surface area contributed by atoms with Gasteiger partial charge in [0, 0.05) is 12.0 Å². The number of nitrogens with zero attached hydrogens (tertiary/aromatic N) is 1. The Bertz CT molecular complexity index is 712. The number of benzene rings is 1. The van der Waals surface area contributed by atoms with E-state index in [1.54, 1.807) is 20.4 Å². The van der Waals surface area contributed by atoms with Crippen LogP contribution in [0.4, 0.5) is 17.2 Å². The van der Waals surface area contributed by atoms with Gasteiger partial charge in [-0.15, -0.1) is 0 Å². The van der Waals surface area contributed by atoms with Crippen LogP contribution in [0.1, 0.15) is 19.3 Å². The van der Waals surface area contributed by atoms with Gasteiger partial charge in [0.2, 0.25) is 5.91 Å². The van der Waals surface area contributed by atoms with Crippen molar-refractivity contribution in [3.63, 3.8) is 0 Å². The highest BCUT2D eigenvalue weighted by atomic mass is 16.5. The first kappa shape index (κ1) is 16.1. The fraction of sp³-hybridized carbons (Fsp3) is 0.333. The normalized spacial score (nSPS) is 13.8. The van der Waals surface area contributed by atoms with Crippen molar-refractivity contribution in [1.82, 2.24) is 4.98 Å². The van der Waals surface area contributed by atoms with Crippen LogP contribution in [0, 0.1) is 5.92 Å². The topological polar surface area (TPSA) is 72.5 Å². The largest absolute Gasteiger partial charge is 0.497 e. The Labute approximate surface area is 141 Å². The Morgan fingerprint density at radius 1 is 1.17 bits per heavy atom. The molecule has 0 spiro atoms. The van der Waals surface area contributed by atoms with Gasteiger partial charge in [-0.3, -0.25) is 4.79 Å². The fourth-order valence-corrected chi connectivity index (χ4v) is 2.51. The highest BCUT2D eigenvalue weighted by Crippen LogP contribution is 2.31. The third-order valence-electron chi connectivity index (χ3n) is 4.18. The van der Waals surface area contributed by atoms with Crippen molar-refractivity contribution in [2.24, 2.45) is 5.92 Å². The van der Waals surface area contributed by atoms with E-state index in [0.717, 1.165) is 30.7 Å². The molecule has 1 aliphatic rings. The van der Waals surface area contributed by atoms with Crippen molar-refractivity contribution < 1.29 is 14.3 Å². The summed E-state index contributed by atoms with van der Waals surface area (Å²) in [6.07, 6.45) is 4.75. The molecule has 6 heteroatoms. The Balaban J connectivity index is 1.68. The van der Waals surface area contributed by atoms with E-state index in [-0.39, 0.29) is 11.8 Å². The highest BCUT2D eigenvalue weighted by molar-refractivity contribution is 5.92. The molecule has 1 aromatic heterocycles. The van der Waals surface area contributed by atoms with Crippen molar-refractivity contribution in [1.29, 1.82) is 0 Å². The van der Waals surface area contributed by atoms with E-state index in [9.17, 15) is 4.79 Å². The second-order valence-corrected chi connectivity index (χ2v) is 5.74. The molecule has 0 bridgehead atoms. The van der Waals surface area contributed by atoms with Gasteiger partial charge in [0.25, 0.3) is 0 Å². The number of amides is 1. The van der Waals surface area contributed by atoms with E-state index in [2.05, 4.69) is 15.6 Å². The van der Waals surface area contributed by atoms with E-state index in [1.165, 1.54) is 0 Å². The number of ether oxygens (including phenoxy) is 2. The van der Waals surface area contributed by atoms with Gasteiger partial charge in [0.15, 0.2) is 0 Å². The summed E-state index contributed by atoms with van der Waals surface area (Å²) in [5.74, 6) is 2.31. The van der Waals surface area contributed by atoms with Crippen LogP contribution in [0.2, 0.25) is 0 Å². The van der Waals surface area contributed by atoms with Gasteiger partial charge < -0.3 is 20.1 Å². The number of methoxy groups -OCH3 is 2. The number of carbonyl (C=O) groups excluding carboxylic acids is 1. The van der Waals surface area contributed by atoms with Gasteiger partial charge in [-0.2, -0.15) is 0 Å². The number of hydrogen-bond acceptors (Lipinski definition) is 5. The lowest BCUT2D eigenvalue weighted by molar-refractivity contribution is -0.122. The summed E-state index contributed by atoms with van der Waals surface area (Å²) in [6.45, 7) is 0. The molecule has 1 amide bonds. The number of anilines is 3. The second kappa shape index (κ2) is 7.21. The van der Waals surface area contributed by atoms with Gasteiger partial charge >= 0.3 is 0 Å². The molecule has 1 fully saturated rings. The first-order valence-corrected chi connectivity index (χ1v) is 7.95. The smallest absolute Gasteiger partial charge is 0.227 e. The quantitative estimate of drug-likeness (QED) is 0.848. The maximum atomic E-state index is 11.9. The van der Waals surface area contributed by atoms with E-state index >= 15 is 0 Å². The van der Waals surface area contributed by atoms with Crippen LogP contribution in [0.5, 0.6) is 11.5 Å². The van der Waals surface area contributed by atoms with E-state index in [4.69, 9.17) is 9.47 Å². The maximum absolute atomic E-state index is 11.9. The summed E-state index contributed by atoms with van der Waals surface area (Å²) in [7, 11) is 3.23. The van der Waals surface area contributed by atoms with Gasteiger partial charge in [0.05, 0.1) is 31.8 Å². The molecule has 2 aromatic rings. The van der Waals surface area contributed by atoms with Crippen LogP contribution in [-0.4, -0.2) is 25.1 Å². The lowest BCUT2D eigenvalue weighted by Gasteiger charge is -2.23. The third-order valence-corrected chi connectivity index (χ3v) is 4.18. The van der Waals surface area contributed by atoms with E-state index < -0.39 is 0 Å². The first-order valence-electron chi connectivity index (χ1n) is 7.95. The Morgan fingerprint density at radius 3 is 2.58 bits per heavy atom. The summed E-state index contributed by atoms with van der Waals surface area (Å²) in [4.78, 5) is 16.3. The molecule has 0 atom stereocenters. The molecule has 0 saturated heterocycles. The molecule has 1 aromatic carbocycles. The average molecular weight is 327 g/mol. The molecule has 2 N–H and O–H groups in total. The molecule has 3 rings (SSSR count). The van der Waals surface area contributed by atoms with Gasteiger partial charge in [0.1, 0.15) is 17.3 Å². The lowest BCUT2D eigenvalue weighted by atomic mass is 9.85. The molecule has 0 radical (unpaired) electrons. The number of nitrogens with one attached hydrogen (secondary N) is 2. The zero-order valence-electron chi connectivity index (χ0n) is 13.8. The van der Waals surface area contributed by atoms with Crippen LogP contribution in [0.25, 0.3) is 0 Å². The SMILES string of the molecule is COc1ccc(OC)c(Nc2ccc(NC(=O)C3CCC3)cn2)c1. The molecule has 24 heavy (non-hydrogen) atoms. The minimum Gasteiger partial charge on any atom is -0.497 e. The van der Waals surface area contributed by atoms with Crippen molar-refractivity contribution in [3.8, 4) is 11.5 Å². The van der Waals surface area contributed by atoms with Crippen molar-refractivity contribution in [2.45, 2.75) is 19.3 Å². The van der Waals surface area contributed by atoms with Gasteiger partial charge in [-0.05, 0) is 37.1 Å². The minimum absolute atomic E-state index is 0.0817. The Morgan fingerprint density at radius 2 is 2.00 bits per heavy atom. The van der Waals surface area contributed by atoms with Crippen LogP contribution in [0.15, 0.2) is 36.5 Å². The predicted octanol–water partition coefficient (Wildman–Crippen LogP) is 3.58. The maximum Gasteiger partial charge on any atom is 0.227 e. The summed E-state index contributed by atoms with van der Waals surface area (Å²) in [5, 5.41) is 6.10. The standard InChI is InChI=1S/C18H21N3O3/c1-23-14-7-8-16(24-2)15(10-14)21-17-9-6-13(11-19-17)20-18(22)12-4-3-5-12/h6-12H,3-5H2,1-2H3,(H,19,21)(H,20,22). The summed E-state index contributed by atoms with van der Waals surface area (Å²) >= 11 is 0. The third kappa shape index (κ3) is 3.59. The van der Waals surface area contributed by atoms with E-state index in [0.29, 0.717) is 17.3 Å². The zero-order valence-corrected chi connectivity index (χ0v) is 13.8. The first-order chi connectivity index (χ1) is 11.7. The summed E-state index contributed by atoms with van der Waals surface area (Å²) < 4.78 is 10.6. The molecule has 1 aliphatic carbocycles. The van der Waals surface area contributed by atoms with Crippen molar-refractivity contribution in [2.75, 3.05) is 24.9 Å². The molecule has 0 unspecified atom stereocenters. The fourth-order valence-electron chi connectivity index (χ4n) is 2.51. The van der Waals surface area contributed by atoms with Crippen LogP contribution >= 0.6 is 0 Å². The number of hydrogen-bond donors (Lipinski definition) is 2. The molecular weight excluding hydrogens is 306 g/mol. The van der Waals surface area contributed by atoms with Crippen molar-refractivity contribution >= 4 is 23.1 Å². The number of carbonyl (C=O) groups is 1. The van der Waals surface area contributed by atoms with Crippen LogP contribution in [0.3, 0.4) is 0 Å². The molecule has 6 nitrogen and oxygen atoms in total. The number of pyridine rings is 1. The van der Waals surface area contributed by atoms with Gasteiger partial charge in [-0.25, -0.2) is 4.98 Å². The zero-order chi connectivity index (χ0) is 16.9. The second-order valence-electron chi connectivity index (χ2n) is 5.74. The molecule has 1 heterocycles. The van der Waals surface area contributed by atoms with Crippen molar-refractivity contribution in [3.05, 3.63) is 36.5 Å². The molecule has 126 valence electrons. The van der Waals surface area contributed by atoms with Gasteiger partial charge in [-0.1, -0.05) is 6.42 Å². The Hall–Kier alpha value is -2.76. The highest BCUT2D eigenvalue weighted by Gasteiger charge is 2.25. The molecule has 1 saturated carbocycles. The summed E-state index contributed by atoms with van der Waals surface area (Å²) in [6, 6.07) is 9.14. The Kier molecular flexibility index (Phi) is 4.84. The number of rotatable bonds is 6. The lowest BCUT2D eigenvalue weighted by Crippen LogP contribution is -2.28. The predicted molar refractivity (Wildman–Crippen MR) is 93.0 cm³/mol. The minimum atomic E-state index is 0.0817. The van der Waals surface area contributed by atoms with Crippen LogP contribution in [-0.2, 0) is 4.79 Å². The monoisotopic (exact) mass is 327 g/mol. The summed E-state index contributed by atoms with van der Waals surface area (Å²) in [5.41, 5.74) is 1.46. The number of aromatic nitrogens is 1. The molecular formula is C18H21N3O3. The molecule has 0 aliphatic heterocycles. The van der Waals surface area contributed by atoms with E-state index in [1.807, 2.05) is 30.3 Å². The average Bonchev–Trinajstić information content (AvgIpc) is 2.55. The van der Waals surface area contributed by atoms with Crippen LogP contribution < -0.4 is 20.1 Å².